The second-order valence-electron chi connectivity index (χ2n) is 5.24. The number of hydrogen-bond acceptors (Lipinski definition) is 6. The Morgan fingerprint density at radius 3 is 2.58 bits per heavy atom. The molecule has 26 heavy (non-hydrogen) atoms. The maximum Gasteiger partial charge on any atom is 0.265 e. The van der Waals surface area contributed by atoms with Gasteiger partial charge in [0.05, 0.1) is 4.88 Å². The molecule has 0 saturated heterocycles. The first-order valence-corrected chi connectivity index (χ1v) is 8.62. The van der Waals surface area contributed by atoms with Gasteiger partial charge in [-0.05, 0) is 47.8 Å². The van der Waals surface area contributed by atoms with Gasteiger partial charge < -0.3 is 10.1 Å². The molecule has 3 heterocycles. The van der Waals surface area contributed by atoms with E-state index >= 15 is 0 Å². The number of benzene rings is 1. The topological polar surface area (TPSA) is 81.9 Å². The summed E-state index contributed by atoms with van der Waals surface area (Å²) in [7, 11) is 0. The normalized spacial score (nSPS) is 10.5. The van der Waals surface area contributed by atoms with Crippen LogP contribution in [0.15, 0.2) is 72.4 Å². The van der Waals surface area contributed by atoms with Gasteiger partial charge in [-0.3, -0.25) is 4.79 Å². The van der Waals surface area contributed by atoms with Gasteiger partial charge in [0.1, 0.15) is 5.75 Å². The number of nitrogens with zero attached hydrogens (tertiary/aromatic N) is 4. The Morgan fingerprint density at radius 1 is 1.04 bits per heavy atom. The molecule has 0 spiro atoms. The summed E-state index contributed by atoms with van der Waals surface area (Å²) in [6.07, 6.45) is 3.46. The fraction of sp³-hybridized carbons (Fsp3) is 0. The van der Waals surface area contributed by atoms with Crippen molar-refractivity contribution in [1.82, 2.24) is 20.0 Å². The average molecular weight is 363 g/mol. The van der Waals surface area contributed by atoms with Crippen molar-refractivity contribution in [3.8, 4) is 17.4 Å². The molecule has 128 valence electrons. The summed E-state index contributed by atoms with van der Waals surface area (Å²) in [6, 6.07) is 16.0. The van der Waals surface area contributed by atoms with E-state index in [4.69, 9.17) is 4.74 Å². The second-order valence-corrected chi connectivity index (χ2v) is 6.19. The molecule has 1 amide bonds. The van der Waals surface area contributed by atoms with Gasteiger partial charge in [-0.25, -0.2) is 4.68 Å². The molecule has 0 radical (unpaired) electrons. The lowest BCUT2D eigenvalue weighted by Crippen LogP contribution is -2.09. The van der Waals surface area contributed by atoms with Crippen LogP contribution in [0, 0.1) is 0 Å². The van der Waals surface area contributed by atoms with Crippen molar-refractivity contribution in [2.45, 2.75) is 0 Å². The smallest absolute Gasteiger partial charge is 0.265 e. The van der Waals surface area contributed by atoms with Crippen LogP contribution in [-0.2, 0) is 0 Å². The minimum Gasteiger partial charge on any atom is -0.438 e. The summed E-state index contributed by atoms with van der Waals surface area (Å²) in [6.45, 7) is 0. The molecule has 8 heteroatoms. The van der Waals surface area contributed by atoms with Crippen molar-refractivity contribution < 1.29 is 9.53 Å². The van der Waals surface area contributed by atoms with Crippen LogP contribution in [0.2, 0.25) is 0 Å². The van der Waals surface area contributed by atoms with E-state index in [2.05, 4.69) is 20.6 Å². The van der Waals surface area contributed by atoms with Gasteiger partial charge in [0, 0.05) is 24.1 Å². The Kier molecular flexibility index (Phi) is 4.40. The predicted molar refractivity (Wildman–Crippen MR) is 97.9 cm³/mol. The van der Waals surface area contributed by atoms with Crippen LogP contribution in [0.5, 0.6) is 11.6 Å². The summed E-state index contributed by atoms with van der Waals surface area (Å²) in [5.74, 6) is 1.44. The molecule has 0 aliphatic rings. The van der Waals surface area contributed by atoms with Gasteiger partial charge >= 0.3 is 0 Å². The zero-order valence-corrected chi connectivity index (χ0v) is 14.3. The van der Waals surface area contributed by atoms with Crippen LogP contribution >= 0.6 is 11.3 Å². The summed E-state index contributed by atoms with van der Waals surface area (Å²) in [4.78, 5) is 12.7. The summed E-state index contributed by atoms with van der Waals surface area (Å²) in [5.41, 5.74) is 0.691. The standard InChI is InChI=1S/C18H13N5O2S/c24-18(15-3-1-12-26-15)20-13-4-6-14(7-5-13)25-17-9-8-16(21-22-17)23-11-2-10-19-23/h1-12H,(H,20,24). The van der Waals surface area contributed by atoms with Gasteiger partial charge in [-0.1, -0.05) is 6.07 Å². The number of nitrogens with one attached hydrogen (secondary N) is 1. The zero-order chi connectivity index (χ0) is 17.8. The lowest BCUT2D eigenvalue weighted by atomic mass is 10.3. The maximum absolute atomic E-state index is 12.0. The second kappa shape index (κ2) is 7.16. The Balaban J connectivity index is 1.40. The molecule has 1 aromatic carbocycles. The largest absolute Gasteiger partial charge is 0.438 e. The first-order valence-electron chi connectivity index (χ1n) is 7.74. The van der Waals surface area contributed by atoms with Crippen molar-refractivity contribution in [3.63, 3.8) is 0 Å². The Labute approximate surface area is 152 Å². The van der Waals surface area contributed by atoms with E-state index in [0.29, 0.717) is 28.0 Å². The van der Waals surface area contributed by atoms with E-state index in [1.54, 1.807) is 59.5 Å². The number of rotatable bonds is 5. The molecule has 3 aromatic heterocycles. The zero-order valence-electron chi connectivity index (χ0n) is 13.4. The molecule has 4 rings (SSSR count). The fourth-order valence-corrected chi connectivity index (χ4v) is 2.84. The van der Waals surface area contributed by atoms with E-state index in [0.717, 1.165) is 0 Å². The Hall–Kier alpha value is -3.52. The summed E-state index contributed by atoms with van der Waals surface area (Å²) in [5, 5.41) is 16.9. The van der Waals surface area contributed by atoms with E-state index in [-0.39, 0.29) is 5.91 Å². The van der Waals surface area contributed by atoms with E-state index in [1.165, 1.54) is 11.3 Å². The number of thiophene rings is 1. The fourth-order valence-electron chi connectivity index (χ4n) is 2.22. The van der Waals surface area contributed by atoms with Crippen molar-refractivity contribution in [2.24, 2.45) is 0 Å². The number of ether oxygens (including phenoxy) is 1. The first kappa shape index (κ1) is 16.0. The third-order valence-electron chi connectivity index (χ3n) is 3.44. The molecule has 0 bridgehead atoms. The summed E-state index contributed by atoms with van der Waals surface area (Å²) < 4.78 is 7.28. The van der Waals surface area contributed by atoms with Crippen molar-refractivity contribution >= 4 is 22.9 Å². The molecule has 0 saturated carbocycles. The first-order chi connectivity index (χ1) is 12.8. The third kappa shape index (κ3) is 3.60. The molecule has 0 fully saturated rings. The highest BCUT2D eigenvalue weighted by atomic mass is 32.1. The van der Waals surface area contributed by atoms with Crippen LogP contribution in [-0.4, -0.2) is 25.9 Å². The SMILES string of the molecule is O=C(Nc1ccc(Oc2ccc(-n3cccn3)nn2)cc1)c1cccs1. The number of hydrogen-bond donors (Lipinski definition) is 1. The van der Waals surface area contributed by atoms with Crippen LogP contribution in [0.3, 0.4) is 0 Å². The summed E-state index contributed by atoms with van der Waals surface area (Å²) >= 11 is 1.40. The van der Waals surface area contributed by atoms with Crippen LogP contribution in [0.4, 0.5) is 5.69 Å². The molecule has 1 N–H and O–H groups in total. The molecule has 0 unspecified atom stereocenters. The number of carbonyl (C=O) groups excluding carboxylic acids is 1. The van der Waals surface area contributed by atoms with Gasteiger partial charge in [0.25, 0.3) is 5.91 Å². The van der Waals surface area contributed by atoms with E-state index in [9.17, 15) is 4.79 Å². The number of aromatic nitrogens is 4. The highest BCUT2D eigenvalue weighted by Gasteiger charge is 2.07. The number of carbonyl (C=O) groups is 1. The van der Waals surface area contributed by atoms with Crippen LogP contribution in [0.1, 0.15) is 9.67 Å². The van der Waals surface area contributed by atoms with Gasteiger partial charge in [0.15, 0.2) is 5.82 Å². The lowest BCUT2D eigenvalue weighted by molar-refractivity contribution is 0.103. The van der Waals surface area contributed by atoms with E-state index < -0.39 is 0 Å². The van der Waals surface area contributed by atoms with Crippen molar-refractivity contribution in [3.05, 3.63) is 77.2 Å². The molecular weight excluding hydrogens is 350 g/mol. The molecular formula is C18H13N5O2S. The number of amides is 1. The van der Waals surface area contributed by atoms with Crippen molar-refractivity contribution in [2.75, 3.05) is 5.32 Å². The van der Waals surface area contributed by atoms with Gasteiger partial charge in [-0.15, -0.1) is 21.5 Å². The van der Waals surface area contributed by atoms with Crippen LogP contribution < -0.4 is 10.1 Å². The van der Waals surface area contributed by atoms with Crippen LogP contribution in [0.25, 0.3) is 5.82 Å². The molecule has 7 nitrogen and oxygen atoms in total. The lowest BCUT2D eigenvalue weighted by Gasteiger charge is -2.07. The minimum absolute atomic E-state index is 0.131. The van der Waals surface area contributed by atoms with Crippen molar-refractivity contribution in [1.29, 1.82) is 0 Å². The average Bonchev–Trinajstić information content (AvgIpc) is 3.38. The molecule has 0 aliphatic heterocycles. The van der Waals surface area contributed by atoms with E-state index in [1.807, 2.05) is 17.5 Å². The minimum atomic E-state index is -0.131. The Morgan fingerprint density at radius 2 is 1.92 bits per heavy atom. The highest BCUT2D eigenvalue weighted by molar-refractivity contribution is 7.12. The maximum atomic E-state index is 12.0. The highest BCUT2D eigenvalue weighted by Crippen LogP contribution is 2.22. The monoisotopic (exact) mass is 363 g/mol. The van der Waals surface area contributed by atoms with Gasteiger partial charge in [0.2, 0.25) is 5.88 Å². The third-order valence-corrected chi connectivity index (χ3v) is 4.31. The molecule has 0 atom stereocenters. The molecule has 4 aromatic rings. The molecule has 0 aliphatic carbocycles. The quantitative estimate of drug-likeness (QED) is 0.584. The Bertz CT molecular complexity index is 981. The van der Waals surface area contributed by atoms with Gasteiger partial charge in [-0.2, -0.15) is 5.10 Å². The number of anilines is 1. The predicted octanol–water partition coefficient (Wildman–Crippen LogP) is 3.77.